The summed E-state index contributed by atoms with van der Waals surface area (Å²) in [5, 5.41) is 6.19. The van der Waals surface area contributed by atoms with Gasteiger partial charge in [0, 0.05) is 45.4 Å². The highest BCUT2D eigenvalue weighted by atomic mass is 127. The van der Waals surface area contributed by atoms with Gasteiger partial charge in [-0.25, -0.2) is 4.99 Å². The van der Waals surface area contributed by atoms with Crippen molar-refractivity contribution < 1.29 is 14.3 Å². The first-order valence-electron chi connectivity index (χ1n) is 9.40. The molecule has 3 aliphatic rings. The zero-order valence-corrected chi connectivity index (χ0v) is 17.7. The molecule has 2 amide bonds. The summed E-state index contributed by atoms with van der Waals surface area (Å²) in [5.74, 6) is 0.839. The maximum atomic E-state index is 12.4. The predicted octanol–water partition coefficient (Wildman–Crippen LogP) is 0.172. The van der Waals surface area contributed by atoms with Crippen LogP contribution in [0.15, 0.2) is 4.99 Å². The Kier molecular flexibility index (Phi) is 8.39. The Balaban J connectivity index is 0.00000243. The normalized spacial score (nSPS) is 23.4. The summed E-state index contributed by atoms with van der Waals surface area (Å²) in [4.78, 5) is 32.7. The fourth-order valence-corrected chi connectivity index (χ4v) is 3.19. The highest BCUT2D eigenvalue weighted by molar-refractivity contribution is 14.0. The summed E-state index contributed by atoms with van der Waals surface area (Å²) in [5.41, 5.74) is 0. The van der Waals surface area contributed by atoms with Gasteiger partial charge >= 0.3 is 0 Å². The van der Waals surface area contributed by atoms with Gasteiger partial charge in [0.2, 0.25) is 5.91 Å². The van der Waals surface area contributed by atoms with Crippen molar-refractivity contribution in [1.29, 1.82) is 0 Å². The molecule has 2 N–H and O–H groups in total. The van der Waals surface area contributed by atoms with Crippen molar-refractivity contribution >= 4 is 41.8 Å². The van der Waals surface area contributed by atoms with E-state index >= 15 is 0 Å². The number of rotatable bonds is 5. The van der Waals surface area contributed by atoms with Gasteiger partial charge in [-0.3, -0.25) is 9.59 Å². The molecule has 3 rings (SSSR count). The molecular formula is C17H30IN5O3. The van der Waals surface area contributed by atoms with Crippen LogP contribution in [-0.4, -0.2) is 85.6 Å². The molecule has 1 saturated carbocycles. The molecule has 1 unspecified atom stereocenters. The molecule has 0 aromatic rings. The Hall–Kier alpha value is -1.10. The molecule has 1 aliphatic carbocycles. The maximum absolute atomic E-state index is 12.4. The van der Waals surface area contributed by atoms with E-state index in [0.29, 0.717) is 38.8 Å². The first kappa shape index (κ1) is 21.2. The van der Waals surface area contributed by atoms with Crippen molar-refractivity contribution in [2.75, 3.05) is 45.9 Å². The molecule has 26 heavy (non-hydrogen) atoms. The average molecular weight is 479 g/mol. The lowest BCUT2D eigenvalue weighted by Crippen LogP contribution is -2.55. The number of piperazine rings is 1. The molecule has 148 valence electrons. The molecule has 8 nitrogen and oxygen atoms in total. The van der Waals surface area contributed by atoms with Gasteiger partial charge in [-0.2, -0.15) is 0 Å². The predicted molar refractivity (Wildman–Crippen MR) is 110 cm³/mol. The summed E-state index contributed by atoms with van der Waals surface area (Å²) in [6, 6.07) is 0.359. The number of nitrogens with one attached hydrogen (secondary N) is 2. The average Bonchev–Trinajstić information content (AvgIpc) is 3.26. The Bertz CT molecular complexity index is 513. The van der Waals surface area contributed by atoms with Crippen LogP contribution >= 0.6 is 24.0 Å². The van der Waals surface area contributed by atoms with Crippen LogP contribution in [0.1, 0.15) is 32.6 Å². The molecule has 1 atom stereocenters. The van der Waals surface area contributed by atoms with Crippen LogP contribution < -0.4 is 10.6 Å². The molecule has 2 aliphatic heterocycles. The fraction of sp³-hybridized carbons (Fsp3) is 0.824. The second-order valence-corrected chi connectivity index (χ2v) is 6.83. The zero-order chi connectivity index (χ0) is 17.6. The van der Waals surface area contributed by atoms with Gasteiger partial charge in [0.15, 0.2) is 5.96 Å². The van der Waals surface area contributed by atoms with Gasteiger partial charge in [-0.15, -0.1) is 24.0 Å². The number of aliphatic imine (C=N–C) groups is 1. The fourth-order valence-electron chi connectivity index (χ4n) is 3.19. The SMILES string of the molecule is CCNC(=NCC(=O)NC1CC1)N1CCN(C(=O)C2CCCO2)CC1.I. The van der Waals surface area contributed by atoms with Crippen molar-refractivity contribution in [3.63, 3.8) is 0 Å². The number of halogens is 1. The molecule has 9 heteroatoms. The lowest BCUT2D eigenvalue weighted by atomic mass is 10.2. The first-order chi connectivity index (χ1) is 12.2. The number of guanidine groups is 1. The molecule has 3 fully saturated rings. The van der Waals surface area contributed by atoms with Crippen LogP contribution in [0.5, 0.6) is 0 Å². The highest BCUT2D eigenvalue weighted by Crippen LogP contribution is 2.18. The molecule has 0 bridgehead atoms. The third-order valence-electron chi connectivity index (χ3n) is 4.75. The third-order valence-corrected chi connectivity index (χ3v) is 4.75. The van der Waals surface area contributed by atoms with Crippen LogP contribution in [0.3, 0.4) is 0 Å². The number of hydrogen-bond donors (Lipinski definition) is 2. The van der Waals surface area contributed by atoms with Crippen LogP contribution in [0.25, 0.3) is 0 Å². The van der Waals surface area contributed by atoms with E-state index in [1.165, 1.54) is 0 Å². The summed E-state index contributed by atoms with van der Waals surface area (Å²) < 4.78 is 5.50. The summed E-state index contributed by atoms with van der Waals surface area (Å²) in [6.45, 7) is 6.36. The Morgan fingerprint density at radius 3 is 2.38 bits per heavy atom. The van der Waals surface area contributed by atoms with Crippen LogP contribution in [0.4, 0.5) is 0 Å². The quantitative estimate of drug-likeness (QED) is 0.334. The number of hydrogen-bond acceptors (Lipinski definition) is 4. The summed E-state index contributed by atoms with van der Waals surface area (Å²) >= 11 is 0. The van der Waals surface area contributed by atoms with Gasteiger partial charge < -0.3 is 25.2 Å². The first-order valence-corrected chi connectivity index (χ1v) is 9.40. The Morgan fingerprint density at radius 1 is 1.12 bits per heavy atom. The summed E-state index contributed by atoms with van der Waals surface area (Å²) in [6.07, 6.45) is 3.71. The molecular weight excluding hydrogens is 449 g/mol. The molecule has 0 aromatic carbocycles. The van der Waals surface area contributed by atoms with E-state index in [2.05, 4.69) is 20.5 Å². The molecule has 0 radical (unpaired) electrons. The van der Waals surface area contributed by atoms with Gasteiger partial charge in [-0.05, 0) is 32.6 Å². The second-order valence-electron chi connectivity index (χ2n) is 6.83. The van der Waals surface area contributed by atoms with Crippen LogP contribution in [0.2, 0.25) is 0 Å². The van der Waals surface area contributed by atoms with E-state index in [4.69, 9.17) is 4.74 Å². The monoisotopic (exact) mass is 479 g/mol. The van der Waals surface area contributed by atoms with E-state index in [1.54, 1.807) is 0 Å². The zero-order valence-electron chi connectivity index (χ0n) is 15.4. The molecule has 2 saturated heterocycles. The Morgan fingerprint density at radius 2 is 1.81 bits per heavy atom. The van der Waals surface area contributed by atoms with E-state index < -0.39 is 0 Å². The minimum atomic E-state index is -0.250. The minimum absolute atomic E-state index is 0. The van der Waals surface area contributed by atoms with Gasteiger partial charge in [-0.1, -0.05) is 0 Å². The van der Waals surface area contributed by atoms with Gasteiger partial charge in [0.25, 0.3) is 5.91 Å². The van der Waals surface area contributed by atoms with Crippen molar-refractivity contribution in [2.24, 2.45) is 4.99 Å². The van der Waals surface area contributed by atoms with Gasteiger partial charge in [0.05, 0.1) is 0 Å². The van der Waals surface area contributed by atoms with E-state index in [9.17, 15) is 9.59 Å². The Labute approximate surface area is 172 Å². The van der Waals surface area contributed by atoms with Crippen LogP contribution in [-0.2, 0) is 14.3 Å². The topological polar surface area (TPSA) is 86.3 Å². The molecule has 2 heterocycles. The molecule has 0 spiro atoms. The number of ether oxygens (including phenoxy) is 1. The number of nitrogens with zero attached hydrogens (tertiary/aromatic N) is 3. The van der Waals surface area contributed by atoms with Crippen molar-refractivity contribution in [2.45, 2.75) is 44.8 Å². The maximum Gasteiger partial charge on any atom is 0.251 e. The smallest absolute Gasteiger partial charge is 0.251 e. The van der Waals surface area contributed by atoms with Crippen molar-refractivity contribution in [3.8, 4) is 0 Å². The lowest BCUT2D eigenvalue weighted by molar-refractivity contribution is -0.142. The number of carbonyl (C=O) groups is 2. The van der Waals surface area contributed by atoms with Gasteiger partial charge in [0.1, 0.15) is 12.6 Å². The highest BCUT2D eigenvalue weighted by Gasteiger charge is 2.31. The lowest BCUT2D eigenvalue weighted by Gasteiger charge is -2.37. The summed E-state index contributed by atoms with van der Waals surface area (Å²) in [7, 11) is 0. The third kappa shape index (κ3) is 5.97. The minimum Gasteiger partial charge on any atom is -0.368 e. The number of carbonyl (C=O) groups excluding carboxylic acids is 2. The van der Waals surface area contributed by atoms with E-state index in [0.717, 1.165) is 38.2 Å². The number of amides is 2. The van der Waals surface area contributed by atoms with E-state index in [1.807, 2.05) is 11.8 Å². The van der Waals surface area contributed by atoms with Crippen LogP contribution in [0, 0.1) is 0 Å². The standard InChI is InChI=1S/C17H29N5O3.HI/c1-2-18-17(19-12-15(23)20-13-5-6-13)22-9-7-21(8-10-22)16(24)14-4-3-11-25-14;/h13-14H,2-12H2,1H3,(H,18,19)(H,20,23);1H. The van der Waals surface area contributed by atoms with E-state index in [-0.39, 0.29) is 48.4 Å². The van der Waals surface area contributed by atoms with Crippen molar-refractivity contribution in [1.82, 2.24) is 20.4 Å². The van der Waals surface area contributed by atoms with Crippen molar-refractivity contribution in [3.05, 3.63) is 0 Å². The second kappa shape index (κ2) is 10.3. The largest absolute Gasteiger partial charge is 0.368 e. The molecule has 0 aromatic heterocycles.